The molecule has 17 heavy (non-hydrogen) atoms. The summed E-state index contributed by atoms with van der Waals surface area (Å²) in [6.45, 7) is 2.05. The molecule has 6 heteroatoms. The first kappa shape index (κ1) is 10.2. The van der Waals surface area contributed by atoms with Crippen molar-refractivity contribution < 1.29 is 0 Å². The molecule has 3 rings (SSSR count). The van der Waals surface area contributed by atoms with E-state index >= 15 is 0 Å². The third-order valence-electron chi connectivity index (χ3n) is 2.77. The predicted octanol–water partition coefficient (Wildman–Crippen LogP) is 1.98. The Balaban J connectivity index is 2.25. The van der Waals surface area contributed by atoms with Crippen molar-refractivity contribution in [3.63, 3.8) is 0 Å². The van der Waals surface area contributed by atoms with Crippen molar-refractivity contribution in [3.8, 4) is 10.7 Å². The molecule has 0 fully saturated rings. The van der Waals surface area contributed by atoms with Crippen molar-refractivity contribution in [1.82, 2.24) is 19.7 Å². The highest BCUT2D eigenvalue weighted by Crippen LogP contribution is 2.33. The van der Waals surface area contributed by atoms with E-state index in [-0.39, 0.29) is 0 Å². The molecule has 0 atom stereocenters. The Bertz CT molecular complexity index is 697. The van der Waals surface area contributed by atoms with Gasteiger partial charge < -0.3 is 5.73 Å². The molecule has 0 saturated carbocycles. The Morgan fingerprint density at radius 3 is 2.76 bits per heavy atom. The topological polar surface area (TPSA) is 69.6 Å². The van der Waals surface area contributed by atoms with Crippen LogP contribution in [0.1, 0.15) is 5.56 Å². The summed E-state index contributed by atoms with van der Waals surface area (Å²) in [5.41, 5.74) is 6.85. The molecule has 0 spiro atoms. The van der Waals surface area contributed by atoms with Gasteiger partial charge in [0.25, 0.3) is 0 Å². The first-order valence-electron chi connectivity index (χ1n) is 5.16. The number of fused-ring (bicyclic) bond motifs is 1. The van der Waals surface area contributed by atoms with Crippen LogP contribution < -0.4 is 5.73 Å². The maximum atomic E-state index is 5.68. The fraction of sp³-hybridized carbons (Fsp3) is 0.182. The van der Waals surface area contributed by atoms with E-state index in [4.69, 9.17) is 5.73 Å². The molecule has 3 heterocycles. The Labute approximate surface area is 102 Å². The number of anilines is 1. The quantitative estimate of drug-likeness (QED) is 0.711. The van der Waals surface area contributed by atoms with E-state index in [1.54, 1.807) is 15.9 Å². The molecule has 0 aromatic carbocycles. The Kier molecular flexibility index (Phi) is 2.12. The first-order valence-corrected chi connectivity index (χ1v) is 5.98. The van der Waals surface area contributed by atoms with Crippen LogP contribution in [0.4, 0.5) is 5.95 Å². The number of aromatic nitrogens is 4. The van der Waals surface area contributed by atoms with Crippen molar-refractivity contribution in [1.29, 1.82) is 0 Å². The average Bonchev–Trinajstić information content (AvgIpc) is 2.85. The van der Waals surface area contributed by atoms with Gasteiger partial charge in [-0.15, -0.1) is 21.5 Å². The lowest BCUT2D eigenvalue weighted by atomic mass is 10.2. The van der Waals surface area contributed by atoms with Crippen LogP contribution >= 0.6 is 11.3 Å². The summed E-state index contributed by atoms with van der Waals surface area (Å²) in [5.74, 6) is 1.22. The van der Waals surface area contributed by atoms with Crippen LogP contribution in [0.3, 0.4) is 0 Å². The van der Waals surface area contributed by atoms with Crippen LogP contribution in [0.25, 0.3) is 20.8 Å². The van der Waals surface area contributed by atoms with Gasteiger partial charge in [-0.3, -0.25) is 9.55 Å². The van der Waals surface area contributed by atoms with Crippen LogP contribution in [-0.4, -0.2) is 19.7 Å². The number of nitrogens with two attached hydrogens (primary N) is 1. The molecule has 3 aromatic heterocycles. The Morgan fingerprint density at radius 1 is 1.29 bits per heavy atom. The zero-order valence-corrected chi connectivity index (χ0v) is 10.3. The van der Waals surface area contributed by atoms with Crippen LogP contribution in [0, 0.1) is 6.92 Å². The highest BCUT2D eigenvalue weighted by atomic mass is 32.1. The molecule has 0 radical (unpaired) electrons. The molecule has 5 nitrogen and oxygen atoms in total. The minimum atomic E-state index is 0.423. The van der Waals surface area contributed by atoms with E-state index in [2.05, 4.69) is 28.2 Å². The predicted molar refractivity (Wildman–Crippen MR) is 68.8 cm³/mol. The van der Waals surface area contributed by atoms with E-state index < -0.39 is 0 Å². The fourth-order valence-corrected chi connectivity index (χ4v) is 2.89. The largest absolute Gasteiger partial charge is 0.368 e. The van der Waals surface area contributed by atoms with Gasteiger partial charge in [-0.05, 0) is 23.9 Å². The molecular formula is C11H11N5S. The molecule has 0 bridgehead atoms. The number of nitrogen functional groups attached to an aromatic ring is 1. The summed E-state index contributed by atoms with van der Waals surface area (Å²) >= 11 is 1.65. The number of rotatable bonds is 1. The maximum Gasteiger partial charge on any atom is 0.222 e. The smallest absolute Gasteiger partial charge is 0.222 e. The fourth-order valence-electron chi connectivity index (χ4n) is 1.76. The maximum absolute atomic E-state index is 5.68. The van der Waals surface area contributed by atoms with Gasteiger partial charge in [0.15, 0.2) is 5.82 Å². The van der Waals surface area contributed by atoms with Gasteiger partial charge in [0, 0.05) is 19.4 Å². The monoisotopic (exact) mass is 245 g/mol. The second-order valence-electron chi connectivity index (χ2n) is 3.92. The number of hydrogen-bond acceptors (Lipinski definition) is 5. The third kappa shape index (κ3) is 1.49. The van der Waals surface area contributed by atoms with Gasteiger partial charge in [0.2, 0.25) is 5.95 Å². The molecule has 0 aliphatic heterocycles. The van der Waals surface area contributed by atoms with Crippen molar-refractivity contribution >= 4 is 27.4 Å². The molecule has 0 aliphatic rings. The van der Waals surface area contributed by atoms with E-state index in [9.17, 15) is 0 Å². The molecule has 2 N–H and O–H groups in total. The van der Waals surface area contributed by atoms with Gasteiger partial charge in [-0.2, -0.15) is 0 Å². The molecule has 0 saturated heterocycles. The normalized spacial score (nSPS) is 11.2. The van der Waals surface area contributed by atoms with Crippen molar-refractivity contribution in [2.24, 2.45) is 7.05 Å². The highest BCUT2D eigenvalue weighted by Gasteiger charge is 2.12. The molecule has 0 amide bonds. The number of nitrogens with zero attached hydrogens (tertiary/aromatic N) is 4. The number of hydrogen-bond donors (Lipinski definition) is 1. The average molecular weight is 245 g/mol. The van der Waals surface area contributed by atoms with Gasteiger partial charge in [-0.1, -0.05) is 0 Å². The van der Waals surface area contributed by atoms with Gasteiger partial charge in [0.1, 0.15) is 0 Å². The lowest BCUT2D eigenvalue weighted by Gasteiger charge is -1.96. The van der Waals surface area contributed by atoms with Crippen molar-refractivity contribution in [2.45, 2.75) is 6.92 Å². The second-order valence-corrected chi connectivity index (χ2v) is 5.00. The van der Waals surface area contributed by atoms with Gasteiger partial charge in [-0.25, -0.2) is 0 Å². The highest BCUT2D eigenvalue weighted by molar-refractivity contribution is 7.22. The standard InChI is InChI=1S/C11H11N5S/c1-6-4-13-5-9-7(6)3-8(17-9)10-14-15-11(12)16(10)2/h3-5H,1-2H3,(H2,12,15). The first-order chi connectivity index (χ1) is 8.16. The minimum absolute atomic E-state index is 0.423. The van der Waals surface area contributed by atoms with E-state index in [0.717, 1.165) is 15.4 Å². The summed E-state index contributed by atoms with van der Waals surface area (Å²) in [4.78, 5) is 5.25. The lowest BCUT2D eigenvalue weighted by Crippen LogP contribution is -1.97. The van der Waals surface area contributed by atoms with Crippen molar-refractivity contribution in [3.05, 3.63) is 24.0 Å². The minimum Gasteiger partial charge on any atom is -0.368 e. The lowest BCUT2D eigenvalue weighted by molar-refractivity contribution is 0.937. The number of thiophene rings is 1. The SMILES string of the molecule is Cc1cncc2sc(-c3nnc(N)n3C)cc12. The van der Waals surface area contributed by atoms with Gasteiger partial charge in [0.05, 0.1) is 9.58 Å². The zero-order valence-electron chi connectivity index (χ0n) is 9.51. The van der Waals surface area contributed by atoms with Gasteiger partial charge >= 0.3 is 0 Å². The summed E-state index contributed by atoms with van der Waals surface area (Å²) in [6, 6.07) is 2.11. The van der Waals surface area contributed by atoms with E-state index in [1.165, 1.54) is 10.9 Å². The van der Waals surface area contributed by atoms with Crippen molar-refractivity contribution in [2.75, 3.05) is 5.73 Å². The molecule has 0 aliphatic carbocycles. The number of pyridine rings is 1. The van der Waals surface area contributed by atoms with Crippen LogP contribution in [0.5, 0.6) is 0 Å². The molecule has 86 valence electrons. The molecule has 0 unspecified atom stereocenters. The summed E-state index contributed by atoms with van der Waals surface area (Å²) in [6.07, 6.45) is 3.74. The van der Waals surface area contributed by atoms with Crippen LogP contribution in [0.15, 0.2) is 18.5 Å². The van der Waals surface area contributed by atoms with Crippen LogP contribution in [-0.2, 0) is 7.05 Å². The number of aryl methyl sites for hydroxylation is 1. The Morgan fingerprint density at radius 2 is 2.12 bits per heavy atom. The molecular weight excluding hydrogens is 234 g/mol. The third-order valence-corrected chi connectivity index (χ3v) is 3.84. The zero-order chi connectivity index (χ0) is 12.0. The van der Waals surface area contributed by atoms with E-state index in [0.29, 0.717) is 5.95 Å². The molecule has 3 aromatic rings. The summed E-state index contributed by atoms with van der Waals surface area (Å²) in [7, 11) is 1.86. The Hall–Kier alpha value is -1.95. The summed E-state index contributed by atoms with van der Waals surface area (Å²) < 4.78 is 2.94. The van der Waals surface area contributed by atoms with E-state index in [1.807, 2.05) is 19.4 Å². The second kappa shape index (κ2) is 3.53. The van der Waals surface area contributed by atoms with Crippen LogP contribution in [0.2, 0.25) is 0 Å². The summed E-state index contributed by atoms with van der Waals surface area (Å²) in [5, 5.41) is 9.17.